The zero-order valence-electron chi connectivity index (χ0n) is 18.7. The number of aromatic nitrogens is 2. The first-order chi connectivity index (χ1) is 17.1. The molecule has 7 nitrogen and oxygen atoms in total. The van der Waals surface area contributed by atoms with Crippen LogP contribution in [0.1, 0.15) is 37.3 Å². The van der Waals surface area contributed by atoms with Gasteiger partial charge >= 0.3 is 6.36 Å². The minimum absolute atomic E-state index is 0.0410. The second-order valence-electron chi connectivity index (χ2n) is 8.38. The second-order valence-corrected chi connectivity index (χ2v) is 10.1. The van der Waals surface area contributed by atoms with Gasteiger partial charge < -0.3 is 9.30 Å². The van der Waals surface area contributed by atoms with Crippen molar-refractivity contribution in [1.82, 2.24) is 14.3 Å². The molecule has 0 atom stereocenters. The maximum absolute atomic E-state index is 12.8. The van der Waals surface area contributed by atoms with Crippen molar-refractivity contribution in [3.05, 3.63) is 42.1 Å². The largest absolute Gasteiger partial charge is 0.573 e. The first-order valence-corrected chi connectivity index (χ1v) is 12.5. The number of fused-ring (bicyclic) bond motifs is 1. The molecule has 2 aromatic heterocycles. The van der Waals surface area contributed by atoms with Crippen LogP contribution in [-0.2, 0) is 10.0 Å². The van der Waals surface area contributed by atoms with Crippen LogP contribution in [0.15, 0.2) is 41.4 Å². The van der Waals surface area contributed by atoms with Crippen molar-refractivity contribution in [1.29, 1.82) is 5.26 Å². The second kappa shape index (κ2) is 10.0. The van der Waals surface area contributed by atoms with E-state index in [9.17, 15) is 35.6 Å². The summed E-state index contributed by atoms with van der Waals surface area (Å²) >= 11 is 0. The number of ether oxygens (including phenoxy) is 1. The molecule has 2 heterocycles. The molecule has 1 aliphatic rings. The van der Waals surface area contributed by atoms with E-state index in [1.807, 2.05) is 15.4 Å². The Balaban J connectivity index is 1.84. The van der Waals surface area contributed by atoms with Gasteiger partial charge in [0.05, 0.1) is 28.5 Å². The Bertz CT molecular complexity index is 1390. The number of nitriles is 1. The number of sulfonamides is 1. The quantitative estimate of drug-likeness (QED) is 0.407. The highest BCUT2D eigenvalue weighted by atomic mass is 32.2. The van der Waals surface area contributed by atoms with Gasteiger partial charge in [-0.1, -0.05) is 12.8 Å². The Hall–Kier alpha value is -3.24. The summed E-state index contributed by atoms with van der Waals surface area (Å²) in [6.45, 7) is -2.46. The van der Waals surface area contributed by atoms with Crippen molar-refractivity contribution in [2.45, 2.75) is 49.0 Å². The molecule has 1 aromatic carbocycles. The topological polar surface area (TPSA) is 97.0 Å². The molecule has 0 saturated heterocycles. The van der Waals surface area contributed by atoms with Crippen molar-refractivity contribution in [2.24, 2.45) is 0 Å². The summed E-state index contributed by atoms with van der Waals surface area (Å²) in [5.74, 6) is -0.475. The van der Waals surface area contributed by atoms with Gasteiger partial charge in [-0.15, -0.1) is 13.2 Å². The molecule has 0 unspecified atom stereocenters. The first-order valence-electron chi connectivity index (χ1n) is 11.0. The molecule has 1 N–H and O–H groups in total. The fourth-order valence-electron chi connectivity index (χ4n) is 4.47. The number of hydrogen-bond acceptors (Lipinski definition) is 5. The molecule has 4 rings (SSSR count). The average molecular weight is 529 g/mol. The third kappa shape index (κ3) is 5.15. The van der Waals surface area contributed by atoms with Crippen molar-refractivity contribution in [2.75, 3.05) is 13.3 Å². The Morgan fingerprint density at radius 2 is 1.86 bits per heavy atom. The number of hydrogen-bond donors (Lipinski definition) is 1. The van der Waals surface area contributed by atoms with Crippen LogP contribution in [0.3, 0.4) is 0 Å². The Morgan fingerprint density at radius 3 is 2.42 bits per heavy atom. The molecule has 1 aliphatic carbocycles. The van der Waals surface area contributed by atoms with Gasteiger partial charge in [-0.2, -0.15) is 5.26 Å². The third-order valence-electron chi connectivity index (χ3n) is 5.99. The molecule has 0 aliphatic heterocycles. The van der Waals surface area contributed by atoms with Gasteiger partial charge in [-0.05, 0) is 43.2 Å². The SMILES string of the molecule is N#Cc1c(-c2ccc(S(=O)(=O)NC(CF)CF)cn2)n(C2CCCC2)c2ccc(OC(F)(F)F)cc12. The minimum Gasteiger partial charge on any atom is -0.406 e. The molecule has 1 saturated carbocycles. The van der Waals surface area contributed by atoms with Crippen LogP contribution in [0.5, 0.6) is 5.75 Å². The minimum atomic E-state index is -4.91. The van der Waals surface area contributed by atoms with Crippen LogP contribution in [0.2, 0.25) is 0 Å². The Morgan fingerprint density at radius 1 is 1.17 bits per heavy atom. The highest BCUT2D eigenvalue weighted by Crippen LogP contribution is 2.42. The molecule has 36 heavy (non-hydrogen) atoms. The van der Waals surface area contributed by atoms with Crippen LogP contribution in [0, 0.1) is 11.3 Å². The molecule has 0 radical (unpaired) electrons. The van der Waals surface area contributed by atoms with Crippen molar-refractivity contribution in [3.8, 4) is 23.2 Å². The third-order valence-corrected chi connectivity index (χ3v) is 7.50. The van der Waals surface area contributed by atoms with E-state index in [-0.39, 0.29) is 27.6 Å². The number of pyridine rings is 1. The summed E-state index contributed by atoms with van der Waals surface area (Å²) in [7, 11) is -4.26. The molecule has 0 amide bonds. The van der Waals surface area contributed by atoms with E-state index in [0.717, 1.165) is 37.9 Å². The number of nitrogens with one attached hydrogen (secondary N) is 1. The van der Waals surface area contributed by atoms with Gasteiger partial charge in [-0.25, -0.2) is 21.9 Å². The van der Waals surface area contributed by atoms with Gasteiger partial charge in [0.1, 0.15) is 30.1 Å². The number of alkyl halides is 5. The monoisotopic (exact) mass is 528 g/mol. The molecule has 0 spiro atoms. The fourth-order valence-corrected chi connectivity index (χ4v) is 5.61. The fraction of sp³-hybridized carbons (Fsp3) is 0.391. The van der Waals surface area contributed by atoms with Crippen molar-refractivity contribution < 1.29 is 35.1 Å². The predicted molar refractivity (Wildman–Crippen MR) is 120 cm³/mol. The van der Waals surface area contributed by atoms with Crippen LogP contribution in [0.4, 0.5) is 22.0 Å². The normalized spacial score (nSPS) is 15.0. The average Bonchev–Trinajstić information content (AvgIpc) is 3.47. The maximum atomic E-state index is 12.8. The first kappa shape index (κ1) is 25.8. The lowest BCUT2D eigenvalue weighted by atomic mass is 10.1. The molecular weight excluding hydrogens is 507 g/mol. The summed E-state index contributed by atoms with van der Waals surface area (Å²) in [6, 6.07) is 6.79. The molecule has 0 bridgehead atoms. The standard InChI is InChI=1S/C23H21F5N4O3S/c24-10-14(11-25)31-36(33,34)17-6-7-20(30-13-17)22-19(12-29)18-9-16(35-23(26,27)28)5-8-21(18)32(22)15-3-1-2-4-15/h5-9,13-15,31H,1-4,10-11H2. The summed E-state index contributed by atoms with van der Waals surface area (Å²) in [4.78, 5) is 3.87. The zero-order chi connectivity index (χ0) is 26.1. The lowest BCUT2D eigenvalue weighted by Gasteiger charge is -2.18. The van der Waals surface area contributed by atoms with E-state index in [4.69, 9.17) is 0 Å². The number of nitrogens with zero attached hydrogens (tertiary/aromatic N) is 3. The predicted octanol–water partition coefficient (Wildman–Crippen LogP) is 5.17. The van der Waals surface area contributed by atoms with E-state index in [1.54, 1.807) is 0 Å². The van der Waals surface area contributed by atoms with Crippen molar-refractivity contribution in [3.63, 3.8) is 0 Å². The van der Waals surface area contributed by atoms with E-state index in [1.165, 1.54) is 24.3 Å². The summed E-state index contributed by atoms with van der Waals surface area (Å²) < 4.78 is 96.6. The summed E-state index contributed by atoms with van der Waals surface area (Å²) in [6.07, 6.45) is -0.471. The van der Waals surface area contributed by atoms with Gasteiger partial charge in [0, 0.05) is 17.6 Å². The van der Waals surface area contributed by atoms with Crippen LogP contribution < -0.4 is 9.46 Å². The van der Waals surface area contributed by atoms with Gasteiger partial charge in [-0.3, -0.25) is 4.98 Å². The number of rotatable bonds is 8. The summed E-state index contributed by atoms with van der Waals surface area (Å²) in [5, 5.41) is 10.2. The van der Waals surface area contributed by atoms with Gasteiger partial charge in [0.15, 0.2) is 0 Å². The van der Waals surface area contributed by atoms with E-state index < -0.39 is 41.5 Å². The van der Waals surface area contributed by atoms with E-state index in [0.29, 0.717) is 11.2 Å². The highest BCUT2D eigenvalue weighted by Gasteiger charge is 2.32. The Labute approximate surface area is 203 Å². The number of benzene rings is 1. The molecule has 13 heteroatoms. The van der Waals surface area contributed by atoms with Gasteiger partial charge in [0.2, 0.25) is 10.0 Å². The zero-order valence-corrected chi connectivity index (χ0v) is 19.5. The number of halogens is 5. The maximum Gasteiger partial charge on any atom is 0.573 e. The van der Waals surface area contributed by atoms with Crippen LogP contribution in [0.25, 0.3) is 22.3 Å². The molecule has 1 fully saturated rings. The summed E-state index contributed by atoms with van der Waals surface area (Å²) in [5.41, 5.74) is 1.16. The molecule has 192 valence electrons. The molecule has 3 aromatic rings. The van der Waals surface area contributed by atoms with Crippen LogP contribution >= 0.6 is 0 Å². The lowest BCUT2D eigenvalue weighted by molar-refractivity contribution is -0.274. The van der Waals surface area contributed by atoms with Gasteiger partial charge in [0.25, 0.3) is 0 Å². The van der Waals surface area contributed by atoms with Crippen LogP contribution in [-0.4, -0.2) is 43.7 Å². The highest BCUT2D eigenvalue weighted by molar-refractivity contribution is 7.89. The lowest BCUT2D eigenvalue weighted by Crippen LogP contribution is -2.37. The Kier molecular flexibility index (Phi) is 7.19. The van der Waals surface area contributed by atoms with E-state index >= 15 is 0 Å². The smallest absolute Gasteiger partial charge is 0.406 e. The van der Waals surface area contributed by atoms with Crippen molar-refractivity contribution >= 4 is 20.9 Å². The molecular formula is C23H21F5N4O3S. The van der Waals surface area contributed by atoms with E-state index in [2.05, 4.69) is 9.72 Å².